The second-order valence-corrected chi connectivity index (χ2v) is 4.59. The molecule has 0 saturated carbocycles. The summed E-state index contributed by atoms with van der Waals surface area (Å²) in [6.07, 6.45) is 6.63. The van der Waals surface area contributed by atoms with Crippen LogP contribution in [0.5, 0.6) is 0 Å². The molecule has 14 heavy (non-hydrogen) atoms. The fraction of sp³-hybridized carbons (Fsp3) is 0.500. The monoisotopic (exact) mass is 256 g/mol. The molecule has 1 rings (SSSR count). The van der Waals surface area contributed by atoms with Crippen molar-refractivity contribution in [2.75, 3.05) is 6.61 Å². The van der Waals surface area contributed by atoms with Crippen LogP contribution in [-0.4, -0.2) is 12.7 Å². The normalized spacial score (nSPS) is 22.4. The van der Waals surface area contributed by atoms with Crippen LogP contribution in [0.2, 0.25) is 0 Å². The van der Waals surface area contributed by atoms with Gasteiger partial charge in [0, 0.05) is 11.1 Å². The zero-order valence-electron chi connectivity index (χ0n) is 8.85. The minimum Gasteiger partial charge on any atom is -0.378 e. The molecule has 0 aliphatic heterocycles. The number of ether oxygens (including phenoxy) is 1. The summed E-state index contributed by atoms with van der Waals surface area (Å²) in [7, 11) is 0. The van der Waals surface area contributed by atoms with Gasteiger partial charge in [0.05, 0.1) is 6.10 Å². The molecular weight excluding hydrogens is 240 g/mol. The summed E-state index contributed by atoms with van der Waals surface area (Å²) in [4.78, 5) is 0. The molecular formula is C12H17BrO. The molecule has 1 aliphatic rings. The molecule has 0 amide bonds. The van der Waals surface area contributed by atoms with E-state index in [1.54, 1.807) is 0 Å². The van der Waals surface area contributed by atoms with E-state index < -0.39 is 0 Å². The van der Waals surface area contributed by atoms with Crippen LogP contribution >= 0.6 is 15.9 Å². The van der Waals surface area contributed by atoms with E-state index in [0.717, 1.165) is 23.9 Å². The van der Waals surface area contributed by atoms with E-state index in [1.807, 2.05) is 13.0 Å². The largest absolute Gasteiger partial charge is 0.378 e. The Labute approximate surface area is 94.7 Å². The van der Waals surface area contributed by atoms with Crippen molar-refractivity contribution < 1.29 is 4.74 Å². The van der Waals surface area contributed by atoms with Gasteiger partial charge in [-0.25, -0.2) is 0 Å². The highest BCUT2D eigenvalue weighted by atomic mass is 79.9. The molecule has 78 valence electrons. The molecule has 0 heterocycles. The first-order valence-electron chi connectivity index (χ1n) is 4.96. The van der Waals surface area contributed by atoms with E-state index in [0.29, 0.717) is 6.10 Å². The maximum absolute atomic E-state index is 5.60. The van der Waals surface area contributed by atoms with Crippen LogP contribution in [0.3, 0.4) is 0 Å². The lowest BCUT2D eigenvalue weighted by molar-refractivity contribution is 0.0708. The smallest absolute Gasteiger partial charge is 0.0652 e. The number of hydrogen-bond acceptors (Lipinski definition) is 1. The Hall–Kier alpha value is -0.340. The van der Waals surface area contributed by atoms with E-state index >= 15 is 0 Å². The molecule has 0 spiro atoms. The van der Waals surface area contributed by atoms with Gasteiger partial charge >= 0.3 is 0 Å². The average Bonchev–Trinajstić information content (AvgIpc) is 2.44. The maximum atomic E-state index is 5.60. The number of allylic oxidation sites excluding steroid dienone is 3. The van der Waals surface area contributed by atoms with Gasteiger partial charge in [0.25, 0.3) is 0 Å². The van der Waals surface area contributed by atoms with Gasteiger partial charge in [-0.05, 0) is 38.3 Å². The standard InChI is InChI=1S/C12H17BrO/c1-4-14-12-7-9(2)11(8-12)6-5-10(3)13/h5-6,12H,3-4,7-8H2,1-2H3/b6-5-/t12-/m1/s1. The van der Waals surface area contributed by atoms with Crippen LogP contribution in [-0.2, 0) is 4.74 Å². The van der Waals surface area contributed by atoms with E-state index in [-0.39, 0.29) is 0 Å². The molecule has 0 N–H and O–H groups in total. The van der Waals surface area contributed by atoms with Crippen molar-refractivity contribution >= 4 is 15.9 Å². The molecule has 0 bridgehead atoms. The summed E-state index contributed by atoms with van der Waals surface area (Å²) in [5.74, 6) is 0. The predicted molar refractivity (Wildman–Crippen MR) is 64.6 cm³/mol. The van der Waals surface area contributed by atoms with Crippen molar-refractivity contribution in [2.24, 2.45) is 0 Å². The lowest BCUT2D eigenvalue weighted by Crippen LogP contribution is -2.07. The van der Waals surface area contributed by atoms with E-state index in [2.05, 4.69) is 35.5 Å². The molecule has 2 heteroatoms. The molecule has 1 nitrogen and oxygen atoms in total. The summed E-state index contributed by atoms with van der Waals surface area (Å²) in [6.45, 7) is 8.80. The quantitative estimate of drug-likeness (QED) is 0.692. The first-order chi connectivity index (χ1) is 6.63. The van der Waals surface area contributed by atoms with Gasteiger partial charge in [-0.3, -0.25) is 0 Å². The summed E-state index contributed by atoms with van der Waals surface area (Å²) in [6, 6.07) is 0. The third kappa shape index (κ3) is 3.43. The van der Waals surface area contributed by atoms with Crippen LogP contribution < -0.4 is 0 Å². The van der Waals surface area contributed by atoms with E-state index in [1.165, 1.54) is 11.1 Å². The Bertz CT molecular complexity index is 276. The topological polar surface area (TPSA) is 9.23 Å². The van der Waals surface area contributed by atoms with Crippen LogP contribution in [0.1, 0.15) is 26.7 Å². The van der Waals surface area contributed by atoms with Crippen molar-refractivity contribution in [2.45, 2.75) is 32.8 Å². The van der Waals surface area contributed by atoms with Gasteiger partial charge in [0.1, 0.15) is 0 Å². The Morgan fingerprint density at radius 1 is 1.64 bits per heavy atom. The summed E-state index contributed by atoms with van der Waals surface area (Å²) < 4.78 is 6.52. The molecule has 0 aromatic rings. The Balaban J connectivity index is 2.54. The lowest BCUT2D eigenvalue weighted by atomic mass is 10.1. The fourth-order valence-electron chi connectivity index (χ4n) is 1.72. The van der Waals surface area contributed by atoms with Gasteiger partial charge < -0.3 is 4.74 Å². The van der Waals surface area contributed by atoms with Gasteiger partial charge in [-0.15, -0.1) is 0 Å². The molecule has 0 fully saturated rings. The highest BCUT2D eigenvalue weighted by Gasteiger charge is 2.19. The molecule has 0 aromatic heterocycles. The molecule has 0 radical (unpaired) electrons. The molecule has 0 saturated heterocycles. The van der Waals surface area contributed by atoms with Crippen molar-refractivity contribution in [3.8, 4) is 0 Å². The highest BCUT2D eigenvalue weighted by molar-refractivity contribution is 9.11. The average molecular weight is 257 g/mol. The summed E-state index contributed by atoms with van der Waals surface area (Å²) >= 11 is 3.31. The van der Waals surface area contributed by atoms with Gasteiger partial charge in [0.2, 0.25) is 0 Å². The fourth-order valence-corrected chi connectivity index (χ4v) is 1.85. The minimum atomic E-state index is 0.392. The third-order valence-electron chi connectivity index (χ3n) is 2.40. The van der Waals surface area contributed by atoms with E-state index in [9.17, 15) is 0 Å². The molecule has 0 aromatic carbocycles. The van der Waals surface area contributed by atoms with Crippen molar-refractivity contribution in [1.82, 2.24) is 0 Å². The van der Waals surface area contributed by atoms with Crippen LogP contribution in [0, 0.1) is 0 Å². The summed E-state index contributed by atoms with van der Waals surface area (Å²) in [5, 5.41) is 0. The van der Waals surface area contributed by atoms with Gasteiger partial charge in [-0.1, -0.05) is 34.2 Å². The molecule has 1 atom stereocenters. The predicted octanol–water partition coefficient (Wildman–Crippen LogP) is 3.97. The highest BCUT2D eigenvalue weighted by Crippen LogP contribution is 2.29. The zero-order valence-corrected chi connectivity index (χ0v) is 10.4. The summed E-state index contributed by atoms with van der Waals surface area (Å²) in [5.41, 5.74) is 2.83. The first-order valence-corrected chi connectivity index (χ1v) is 5.75. The Morgan fingerprint density at radius 2 is 2.36 bits per heavy atom. The van der Waals surface area contributed by atoms with Gasteiger partial charge in [0.15, 0.2) is 0 Å². The lowest BCUT2D eigenvalue weighted by Gasteiger charge is -2.08. The second-order valence-electron chi connectivity index (χ2n) is 3.57. The number of hydrogen-bond donors (Lipinski definition) is 0. The molecule has 0 unspecified atom stereocenters. The molecule has 1 aliphatic carbocycles. The van der Waals surface area contributed by atoms with Gasteiger partial charge in [-0.2, -0.15) is 0 Å². The van der Waals surface area contributed by atoms with Crippen LogP contribution in [0.15, 0.2) is 34.4 Å². The number of halogens is 1. The maximum Gasteiger partial charge on any atom is 0.0652 e. The SMILES string of the molecule is C=C(Br)/C=C\C1=C(C)C[C@@H](OCC)C1. The van der Waals surface area contributed by atoms with Crippen LogP contribution in [0.25, 0.3) is 0 Å². The zero-order chi connectivity index (χ0) is 10.6. The first kappa shape index (κ1) is 11.7. The second kappa shape index (κ2) is 5.52. The van der Waals surface area contributed by atoms with Crippen molar-refractivity contribution in [3.05, 3.63) is 34.4 Å². The van der Waals surface area contributed by atoms with E-state index in [4.69, 9.17) is 4.74 Å². The Kier molecular flexibility index (Phi) is 4.63. The van der Waals surface area contributed by atoms with Crippen molar-refractivity contribution in [1.29, 1.82) is 0 Å². The Morgan fingerprint density at radius 3 is 2.93 bits per heavy atom. The number of rotatable bonds is 4. The van der Waals surface area contributed by atoms with Crippen LogP contribution in [0.4, 0.5) is 0 Å². The van der Waals surface area contributed by atoms with Crippen molar-refractivity contribution in [3.63, 3.8) is 0 Å². The minimum absolute atomic E-state index is 0.392. The third-order valence-corrected chi connectivity index (χ3v) is 2.66.